The van der Waals surface area contributed by atoms with E-state index in [-0.39, 0.29) is 0 Å². The Balaban J connectivity index is 1.51. The standard InChI is InChI=1S/C22H22N4/c1-2-7-17(8-3-1)22-24-20(23-19-10-11-19)14-21(25-22)26-13-12-16-6-4-5-9-18(16)15-26/h1-9,14,19H,10-13,15H2,(H,23,24,25). The Labute approximate surface area is 153 Å². The minimum absolute atomic E-state index is 0.573. The third kappa shape index (κ3) is 3.15. The van der Waals surface area contributed by atoms with Gasteiger partial charge in [-0.05, 0) is 30.4 Å². The van der Waals surface area contributed by atoms with Gasteiger partial charge in [0.2, 0.25) is 0 Å². The highest BCUT2D eigenvalue weighted by Crippen LogP contribution is 2.29. The Morgan fingerprint density at radius 1 is 0.885 bits per heavy atom. The van der Waals surface area contributed by atoms with Crippen molar-refractivity contribution >= 4 is 11.6 Å². The largest absolute Gasteiger partial charge is 0.367 e. The zero-order chi connectivity index (χ0) is 17.3. The molecule has 0 amide bonds. The van der Waals surface area contributed by atoms with Crippen LogP contribution in [0.5, 0.6) is 0 Å². The maximum Gasteiger partial charge on any atom is 0.163 e. The Morgan fingerprint density at radius 3 is 2.46 bits per heavy atom. The number of anilines is 2. The van der Waals surface area contributed by atoms with Crippen molar-refractivity contribution in [1.82, 2.24) is 9.97 Å². The SMILES string of the molecule is c1ccc(-c2nc(NC3CC3)cc(N3CCc4ccccc4C3)n2)cc1. The normalized spacial score (nSPS) is 16.2. The maximum atomic E-state index is 4.90. The molecule has 0 bridgehead atoms. The molecule has 1 N–H and O–H groups in total. The first-order chi connectivity index (χ1) is 12.8. The lowest BCUT2D eigenvalue weighted by Gasteiger charge is -2.30. The summed E-state index contributed by atoms with van der Waals surface area (Å²) in [6.07, 6.45) is 3.53. The molecule has 0 unspecified atom stereocenters. The summed E-state index contributed by atoms with van der Waals surface area (Å²) in [5.41, 5.74) is 3.92. The lowest BCUT2D eigenvalue weighted by atomic mass is 10.00. The van der Waals surface area contributed by atoms with Crippen LogP contribution in [0.15, 0.2) is 60.7 Å². The van der Waals surface area contributed by atoms with Crippen molar-refractivity contribution in [3.05, 3.63) is 71.8 Å². The van der Waals surface area contributed by atoms with Gasteiger partial charge >= 0.3 is 0 Å². The summed E-state index contributed by atoms with van der Waals surface area (Å²) in [6.45, 7) is 1.90. The Morgan fingerprint density at radius 2 is 1.65 bits per heavy atom. The van der Waals surface area contributed by atoms with Crippen LogP contribution in [-0.2, 0) is 13.0 Å². The summed E-state index contributed by atoms with van der Waals surface area (Å²) < 4.78 is 0. The molecule has 1 aromatic heterocycles. The third-order valence-electron chi connectivity index (χ3n) is 5.13. The maximum absolute atomic E-state index is 4.90. The summed E-state index contributed by atoms with van der Waals surface area (Å²) >= 11 is 0. The predicted octanol–water partition coefficient (Wildman–Crippen LogP) is 4.28. The average molecular weight is 342 g/mol. The first kappa shape index (κ1) is 15.4. The molecule has 4 heteroatoms. The van der Waals surface area contributed by atoms with E-state index < -0.39 is 0 Å². The van der Waals surface area contributed by atoms with Gasteiger partial charge in [0.25, 0.3) is 0 Å². The second-order valence-electron chi connectivity index (χ2n) is 7.16. The number of benzene rings is 2. The van der Waals surface area contributed by atoms with E-state index in [1.807, 2.05) is 18.2 Å². The topological polar surface area (TPSA) is 41.1 Å². The number of nitrogens with zero attached hydrogens (tertiary/aromatic N) is 3. The molecule has 26 heavy (non-hydrogen) atoms. The number of fused-ring (bicyclic) bond motifs is 1. The molecule has 3 aromatic rings. The smallest absolute Gasteiger partial charge is 0.163 e. The highest BCUT2D eigenvalue weighted by atomic mass is 15.2. The van der Waals surface area contributed by atoms with Crippen LogP contribution in [0.4, 0.5) is 11.6 Å². The van der Waals surface area contributed by atoms with Crippen molar-refractivity contribution < 1.29 is 0 Å². The molecular weight excluding hydrogens is 320 g/mol. The fraction of sp³-hybridized carbons (Fsp3) is 0.273. The van der Waals surface area contributed by atoms with Crippen molar-refractivity contribution in [2.75, 3.05) is 16.8 Å². The van der Waals surface area contributed by atoms with Gasteiger partial charge in [0.1, 0.15) is 11.6 Å². The number of rotatable bonds is 4. The van der Waals surface area contributed by atoms with E-state index in [0.29, 0.717) is 6.04 Å². The average Bonchev–Trinajstić information content (AvgIpc) is 3.52. The Hall–Kier alpha value is -2.88. The summed E-state index contributed by atoms with van der Waals surface area (Å²) in [7, 11) is 0. The highest BCUT2D eigenvalue weighted by Gasteiger charge is 2.23. The molecule has 2 aromatic carbocycles. The minimum atomic E-state index is 0.573. The summed E-state index contributed by atoms with van der Waals surface area (Å²) in [4.78, 5) is 12.0. The van der Waals surface area contributed by atoms with E-state index in [4.69, 9.17) is 9.97 Å². The van der Waals surface area contributed by atoms with Gasteiger partial charge in [0.15, 0.2) is 5.82 Å². The third-order valence-corrected chi connectivity index (χ3v) is 5.13. The lowest BCUT2D eigenvalue weighted by molar-refractivity contribution is 0.720. The fourth-order valence-electron chi connectivity index (χ4n) is 3.51. The van der Waals surface area contributed by atoms with Gasteiger partial charge in [-0.1, -0.05) is 54.6 Å². The van der Waals surface area contributed by atoms with Gasteiger partial charge in [-0.2, -0.15) is 0 Å². The molecule has 5 rings (SSSR count). The van der Waals surface area contributed by atoms with Gasteiger partial charge in [-0.25, -0.2) is 9.97 Å². The Bertz CT molecular complexity index is 918. The second kappa shape index (κ2) is 6.45. The Kier molecular flexibility index (Phi) is 3.81. The van der Waals surface area contributed by atoms with Crippen molar-refractivity contribution in [3.8, 4) is 11.4 Å². The van der Waals surface area contributed by atoms with Gasteiger partial charge in [0, 0.05) is 30.8 Å². The molecule has 2 heterocycles. The number of nitrogens with one attached hydrogen (secondary N) is 1. The van der Waals surface area contributed by atoms with E-state index in [0.717, 1.165) is 42.5 Å². The molecule has 2 aliphatic rings. The van der Waals surface area contributed by atoms with Crippen LogP contribution < -0.4 is 10.2 Å². The van der Waals surface area contributed by atoms with Crippen LogP contribution in [-0.4, -0.2) is 22.6 Å². The molecule has 0 atom stereocenters. The molecule has 4 nitrogen and oxygen atoms in total. The molecule has 1 aliphatic carbocycles. The van der Waals surface area contributed by atoms with Crippen molar-refractivity contribution in [1.29, 1.82) is 0 Å². The second-order valence-corrected chi connectivity index (χ2v) is 7.16. The fourth-order valence-corrected chi connectivity index (χ4v) is 3.51. The van der Waals surface area contributed by atoms with Crippen molar-refractivity contribution in [3.63, 3.8) is 0 Å². The zero-order valence-electron chi connectivity index (χ0n) is 14.7. The van der Waals surface area contributed by atoms with Crippen LogP contribution in [0.3, 0.4) is 0 Å². The summed E-state index contributed by atoms with van der Waals surface area (Å²) in [5.74, 6) is 2.75. The monoisotopic (exact) mass is 342 g/mol. The number of aromatic nitrogens is 2. The lowest BCUT2D eigenvalue weighted by Crippen LogP contribution is -2.31. The number of hydrogen-bond donors (Lipinski definition) is 1. The molecule has 0 saturated heterocycles. The molecule has 0 spiro atoms. The van der Waals surface area contributed by atoms with Crippen LogP contribution in [0, 0.1) is 0 Å². The van der Waals surface area contributed by atoms with Crippen molar-refractivity contribution in [2.24, 2.45) is 0 Å². The van der Waals surface area contributed by atoms with Gasteiger partial charge < -0.3 is 10.2 Å². The van der Waals surface area contributed by atoms with E-state index in [1.54, 1.807) is 0 Å². The first-order valence-corrected chi connectivity index (χ1v) is 9.38. The van der Waals surface area contributed by atoms with Crippen LogP contribution in [0.1, 0.15) is 24.0 Å². The van der Waals surface area contributed by atoms with Gasteiger partial charge in [-0.3, -0.25) is 0 Å². The summed E-state index contributed by atoms with van der Waals surface area (Å²) in [5, 5.41) is 3.55. The van der Waals surface area contributed by atoms with E-state index in [9.17, 15) is 0 Å². The van der Waals surface area contributed by atoms with Gasteiger partial charge in [0.05, 0.1) is 0 Å². The molecular formula is C22H22N4. The van der Waals surface area contributed by atoms with Crippen LogP contribution in [0.25, 0.3) is 11.4 Å². The predicted molar refractivity (Wildman–Crippen MR) is 105 cm³/mol. The van der Waals surface area contributed by atoms with Crippen LogP contribution in [0.2, 0.25) is 0 Å². The molecule has 1 aliphatic heterocycles. The molecule has 130 valence electrons. The first-order valence-electron chi connectivity index (χ1n) is 9.38. The number of hydrogen-bond acceptors (Lipinski definition) is 4. The molecule has 0 radical (unpaired) electrons. The molecule has 1 saturated carbocycles. The zero-order valence-corrected chi connectivity index (χ0v) is 14.7. The summed E-state index contributed by atoms with van der Waals surface area (Å²) in [6, 6.07) is 21.7. The molecule has 1 fully saturated rings. The van der Waals surface area contributed by atoms with Crippen LogP contribution >= 0.6 is 0 Å². The van der Waals surface area contributed by atoms with E-state index in [2.05, 4.69) is 52.7 Å². The van der Waals surface area contributed by atoms with E-state index in [1.165, 1.54) is 24.0 Å². The van der Waals surface area contributed by atoms with Crippen molar-refractivity contribution in [2.45, 2.75) is 31.8 Å². The minimum Gasteiger partial charge on any atom is -0.367 e. The van der Waals surface area contributed by atoms with Gasteiger partial charge in [-0.15, -0.1) is 0 Å². The highest BCUT2D eigenvalue weighted by molar-refractivity contribution is 5.62. The quantitative estimate of drug-likeness (QED) is 0.768. The van der Waals surface area contributed by atoms with E-state index >= 15 is 0 Å².